The fraction of sp³-hybridized carbons (Fsp3) is 1.00. The second-order valence-electron chi connectivity index (χ2n) is 6.85. The van der Waals surface area contributed by atoms with Crippen molar-refractivity contribution in [3.63, 3.8) is 0 Å². The summed E-state index contributed by atoms with van der Waals surface area (Å²) in [5.41, 5.74) is 0. The van der Waals surface area contributed by atoms with E-state index in [0.29, 0.717) is 5.92 Å². The molecule has 4 heteroatoms. The van der Waals surface area contributed by atoms with Gasteiger partial charge in [-0.25, -0.2) is 0 Å². The summed E-state index contributed by atoms with van der Waals surface area (Å²) in [6.07, 6.45) is 2.03. The minimum Gasteiger partial charge on any atom is -0.411 e. The van der Waals surface area contributed by atoms with Crippen LogP contribution >= 0.6 is 0 Å². The smallest absolute Gasteiger partial charge is 0.192 e. The first kappa shape index (κ1) is 15.2. The van der Waals surface area contributed by atoms with Crippen molar-refractivity contribution in [2.24, 2.45) is 5.92 Å². The molecular formula is C13H28O3Si. The molecule has 0 aliphatic heterocycles. The Kier molecular flexibility index (Phi) is 4.80. The molecule has 3 atom stereocenters. The number of rotatable bonds is 3. The molecule has 102 valence electrons. The van der Waals surface area contributed by atoms with Gasteiger partial charge in [-0.05, 0) is 43.3 Å². The lowest BCUT2D eigenvalue weighted by Gasteiger charge is -2.43. The normalized spacial score (nSPS) is 31.6. The standard InChI is InChI=1S/C13H28O3Si/c1-13(2,3)17(4,5)16-12-8-10(9-14)6-7-11(12)15/h10-12,14-15H,6-9H2,1-5H3/t10-,11-,12-/m1/s1. The molecule has 0 aromatic heterocycles. The summed E-state index contributed by atoms with van der Waals surface area (Å²) in [4.78, 5) is 0. The van der Waals surface area contributed by atoms with Crippen molar-refractivity contribution in [3.8, 4) is 0 Å². The molecule has 0 radical (unpaired) electrons. The van der Waals surface area contributed by atoms with E-state index in [1.807, 2.05) is 0 Å². The molecule has 0 saturated heterocycles. The number of aliphatic hydroxyl groups excluding tert-OH is 2. The third-order valence-electron chi connectivity index (χ3n) is 4.38. The average Bonchev–Trinajstić information content (AvgIpc) is 2.19. The van der Waals surface area contributed by atoms with Gasteiger partial charge < -0.3 is 14.6 Å². The Hall–Kier alpha value is 0.0969. The lowest BCUT2D eigenvalue weighted by molar-refractivity contribution is -0.0260. The first-order valence-electron chi connectivity index (χ1n) is 6.64. The van der Waals surface area contributed by atoms with Crippen molar-refractivity contribution in [3.05, 3.63) is 0 Å². The second kappa shape index (κ2) is 5.39. The van der Waals surface area contributed by atoms with Gasteiger partial charge in [-0.2, -0.15) is 0 Å². The molecule has 0 unspecified atom stereocenters. The van der Waals surface area contributed by atoms with Crippen LogP contribution in [0.3, 0.4) is 0 Å². The predicted molar refractivity (Wildman–Crippen MR) is 72.5 cm³/mol. The van der Waals surface area contributed by atoms with E-state index < -0.39 is 8.32 Å². The molecule has 0 heterocycles. The van der Waals surface area contributed by atoms with Gasteiger partial charge in [0.1, 0.15) is 0 Å². The Morgan fingerprint density at radius 2 is 1.82 bits per heavy atom. The molecule has 0 bridgehead atoms. The molecule has 0 aromatic carbocycles. The van der Waals surface area contributed by atoms with Crippen molar-refractivity contribution in [1.29, 1.82) is 0 Å². The van der Waals surface area contributed by atoms with E-state index >= 15 is 0 Å². The molecule has 1 aliphatic rings. The van der Waals surface area contributed by atoms with Crippen LogP contribution in [0.15, 0.2) is 0 Å². The van der Waals surface area contributed by atoms with Crippen LogP contribution in [0.4, 0.5) is 0 Å². The molecule has 17 heavy (non-hydrogen) atoms. The SMILES string of the molecule is CC(C)(C)[Si](C)(C)O[C@@H]1C[C@H](CO)CC[C@H]1O. The van der Waals surface area contributed by atoms with Crippen molar-refractivity contribution in [2.45, 2.75) is 70.4 Å². The van der Waals surface area contributed by atoms with Gasteiger partial charge >= 0.3 is 0 Å². The maximum atomic E-state index is 10.0. The van der Waals surface area contributed by atoms with E-state index in [9.17, 15) is 10.2 Å². The highest BCUT2D eigenvalue weighted by Gasteiger charge is 2.42. The second-order valence-corrected chi connectivity index (χ2v) is 11.6. The summed E-state index contributed by atoms with van der Waals surface area (Å²) in [5, 5.41) is 19.4. The zero-order chi connectivity index (χ0) is 13.3. The summed E-state index contributed by atoms with van der Waals surface area (Å²) in [6.45, 7) is 11.3. The van der Waals surface area contributed by atoms with Gasteiger partial charge in [0.2, 0.25) is 0 Å². The van der Waals surface area contributed by atoms with Crippen molar-refractivity contribution < 1.29 is 14.6 Å². The zero-order valence-corrected chi connectivity index (χ0v) is 12.9. The zero-order valence-electron chi connectivity index (χ0n) is 11.9. The molecule has 0 amide bonds. The number of hydrogen-bond donors (Lipinski definition) is 2. The molecule has 1 fully saturated rings. The molecular weight excluding hydrogens is 232 g/mol. The van der Waals surface area contributed by atoms with E-state index in [0.717, 1.165) is 19.3 Å². The van der Waals surface area contributed by atoms with Gasteiger partial charge in [0.05, 0.1) is 12.2 Å². The van der Waals surface area contributed by atoms with Crippen LogP contribution in [0, 0.1) is 5.92 Å². The maximum absolute atomic E-state index is 10.0. The highest BCUT2D eigenvalue weighted by molar-refractivity contribution is 6.74. The summed E-state index contributed by atoms with van der Waals surface area (Å²) in [7, 11) is -1.82. The van der Waals surface area contributed by atoms with Gasteiger partial charge in [-0.1, -0.05) is 20.8 Å². The fourth-order valence-corrected chi connectivity index (χ4v) is 3.41. The van der Waals surface area contributed by atoms with E-state index in [4.69, 9.17) is 4.43 Å². The first-order valence-corrected chi connectivity index (χ1v) is 9.55. The highest BCUT2D eigenvalue weighted by atomic mass is 28.4. The Labute approximate surface area is 106 Å². The van der Waals surface area contributed by atoms with Crippen LogP contribution in [-0.2, 0) is 4.43 Å². The summed E-state index contributed by atoms with van der Waals surface area (Å²) >= 11 is 0. The molecule has 1 aliphatic carbocycles. The van der Waals surface area contributed by atoms with E-state index in [1.165, 1.54) is 0 Å². The summed E-state index contributed by atoms with van der Waals surface area (Å²) in [5.74, 6) is 0.299. The van der Waals surface area contributed by atoms with Gasteiger partial charge in [0.25, 0.3) is 0 Å². The number of hydrogen-bond acceptors (Lipinski definition) is 3. The van der Waals surface area contributed by atoms with Crippen LogP contribution in [-0.4, -0.2) is 37.3 Å². The quantitative estimate of drug-likeness (QED) is 0.767. The minimum absolute atomic E-state index is 0.0817. The molecule has 0 spiro atoms. The number of aliphatic hydroxyl groups is 2. The van der Waals surface area contributed by atoms with Gasteiger partial charge in [-0.15, -0.1) is 0 Å². The average molecular weight is 260 g/mol. The van der Waals surface area contributed by atoms with Crippen LogP contribution in [0.2, 0.25) is 18.1 Å². The van der Waals surface area contributed by atoms with Gasteiger partial charge in [0.15, 0.2) is 8.32 Å². The maximum Gasteiger partial charge on any atom is 0.192 e. The third-order valence-corrected chi connectivity index (χ3v) is 8.88. The van der Waals surface area contributed by atoms with Gasteiger partial charge in [0, 0.05) is 6.61 Å². The minimum atomic E-state index is -1.82. The van der Waals surface area contributed by atoms with Crippen molar-refractivity contribution in [2.75, 3.05) is 6.61 Å². The van der Waals surface area contributed by atoms with Crippen molar-refractivity contribution in [1.82, 2.24) is 0 Å². The van der Waals surface area contributed by atoms with E-state index in [2.05, 4.69) is 33.9 Å². The van der Waals surface area contributed by atoms with Crippen LogP contribution in [0.5, 0.6) is 0 Å². The predicted octanol–water partition coefficient (Wildman–Crippen LogP) is 2.53. The monoisotopic (exact) mass is 260 g/mol. The summed E-state index contributed by atoms with van der Waals surface area (Å²) in [6, 6.07) is 0. The first-order chi connectivity index (χ1) is 7.67. The van der Waals surface area contributed by atoms with Crippen LogP contribution < -0.4 is 0 Å². The topological polar surface area (TPSA) is 49.7 Å². The highest BCUT2D eigenvalue weighted by Crippen LogP contribution is 2.39. The third kappa shape index (κ3) is 3.78. The largest absolute Gasteiger partial charge is 0.411 e. The Morgan fingerprint density at radius 3 is 2.29 bits per heavy atom. The van der Waals surface area contributed by atoms with E-state index in [1.54, 1.807) is 0 Å². The fourth-order valence-electron chi connectivity index (χ4n) is 2.04. The molecule has 3 nitrogen and oxygen atoms in total. The van der Waals surface area contributed by atoms with Gasteiger partial charge in [-0.3, -0.25) is 0 Å². The molecule has 0 aromatic rings. The molecule has 1 saturated carbocycles. The molecule has 2 N–H and O–H groups in total. The Balaban J connectivity index is 2.66. The van der Waals surface area contributed by atoms with E-state index in [-0.39, 0.29) is 23.9 Å². The molecule has 1 rings (SSSR count). The Bertz CT molecular complexity index is 248. The van der Waals surface area contributed by atoms with Crippen LogP contribution in [0.25, 0.3) is 0 Å². The van der Waals surface area contributed by atoms with Crippen molar-refractivity contribution >= 4 is 8.32 Å². The lowest BCUT2D eigenvalue weighted by Crippen LogP contribution is -2.49. The lowest BCUT2D eigenvalue weighted by atomic mass is 9.86. The van der Waals surface area contributed by atoms with Crippen LogP contribution in [0.1, 0.15) is 40.0 Å². The summed E-state index contributed by atoms with van der Waals surface area (Å²) < 4.78 is 6.27. The Morgan fingerprint density at radius 1 is 1.24 bits per heavy atom.